The predicted octanol–water partition coefficient (Wildman–Crippen LogP) is 4.60. The zero-order chi connectivity index (χ0) is 18.9. The van der Waals surface area contributed by atoms with Gasteiger partial charge in [-0.3, -0.25) is 4.90 Å². The molecule has 4 heterocycles. The van der Waals surface area contributed by atoms with Gasteiger partial charge in [-0.1, -0.05) is 47.7 Å². The molecule has 0 radical (unpaired) electrons. The van der Waals surface area contributed by atoms with Crippen molar-refractivity contribution >= 4 is 27.6 Å². The molecule has 1 aliphatic rings. The molecule has 1 atom stereocenters. The zero-order valence-corrected chi connectivity index (χ0v) is 17.1. The Morgan fingerprint density at radius 1 is 1.11 bits per heavy atom. The van der Waals surface area contributed by atoms with Gasteiger partial charge in [0.2, 0.25) is 10.8 Å². The summed E-state index contributed by atoms with van der Waals surface area (Å²) in [5.41, 5.74) is 1.43. The van der Waals surface area contributed by atoms with Crippen LogP contribution in [-0.2, 0) is 6.42 Å². The second-order valence-corrected chi connectivity index (χ2v) is 9.32. The predicted molar refractivity (Wildman–Crippen MR) is 113 cm³/mol. The van der Waals surface area contributed by atoms with Crippen molar-refractivity contribution < 1.29 is 5.11 Å². The largest absolute Gasteiger partial charge is 0.492 e. The molecule has 1 N–H and O–H groups in total. The van der Waals surface area contributed by atoms with Crippen molar-refractivity contribution in [2.24, 2.45) is 5.92 Å². The van der Waals surface area contributed by atoms with Crippen LogP contribution in [0, 0.1) is 5.92 Å². The van der Waals surface area contributed by atoms with E-state index in [1.54, 1.807) is 15.9 Å². The summed E-state index contributed by atoms with van der Waals surface area (Å²) in [6.45, 7) is 2.07. The number of aromatic hydroxyl groups is 1. The van der Waals surface area contributed by atoms with Gasteiger partial charge in [0, 0.05) is 4.88 Å². The van der Waals surface area contributed by atoms with E-state index >= 15 is 0 Å². The van der Waals surface area contributed by atoms with Crippen LogP contribution in [-0.4, -0.2) is 37.7 Å². The van der Waals surface area contributed by atoms with Gasteiger partial charge in [0.05, 0.1) is 10.9 Å². The molecule has 1 aliphatic heterocycles. The average molecular weight is 411 g/mol. The molecule has 0 saturated carbocycles. The van der Waals surface area contributed by atoms with Crippen molar-refractivity contribution in [1.29, 1.82) is 0 Å². The Balaban J connectivity index is 1.37. The smallest absolute Gasteiger partial charge is 0.230 e. The first kappa shape index (κ1) is 17.8. The Labute approximate surface area is 171 Å². The lowest BCUT2D eigenvalue weighted by atomic mass is 9.89. The number of hydrogen-bond donors (Lipinski definition) is 1. The first-order chi connectivity index (χ1) is 13.8. The van der Waals surface area contributed by atoms with Crippen molar-refractivity contribution in [3.05, 3.63) is 69.5 Å². The van der Waals surface area contributed by atoms with E-state index in [2.05, 4.69) is 62.8 Å². The molecule has 144 valence electrons. The minimum absolute atomic E-state index is 0.0752. The molecule has 4 aromatic rings. The Morgan fingerprint density at radius 3 is 2.64 bits per heavy atom. The summed E-state index contributed by atoms with van der Waals surface area (Å²) in [6.07, 6.45) is 5.00. The highest BCUT2D eigenvalue weighted by Gasteiger charge is 2.32. The maximum atomic E-state index is 10.8. The maximum Gasteiger partial charge on any atom is 0.230 e. The first-order valence-electron chi connectivity index (χ1n) is 9.62. The molecule has 0 unspecified atom stereocenters. The van der Waals surface area contributed by atoms with Crippen molar-refractivity contribution in [3.63, 3.8) is 0 Å². The number of hydrogen-bond acceptors (Lipinski definition) is 6. The van der Waals surface area contributed by atoms with Gasteiger partial charge in [-0.2, -0.15) is 9.61 Å². The fourth-order valence-electron chi connectivity index (χ4n) is 4.16. The Hall–Kier alpha value is -2.22. The highest BCUT2D eigenvalue weighted by Crippen LogP contribution is 2.42. The second kappa shape index (κ2) is 7.66. The summed E-state index contributed by atoms with van der Waals surface area (Å²) in [4.78, 5) is 9.73. The third-order valence-electron chi connectivity index (χ3n) is 5.58. The highest BCUT2D eigenvalue weighted by molar-refractivity contribution is 7.17. The van der Waals surface area contributed by atoms with Crippen molar-refractivity contribution in [1.82, 2.24) is 19.5 Å². The molecule has 0 amide bonds. The number of piperidine rings is 1. The number of thiazole rings is 1. The quantitative estimate of drug-likeness (QED) is 0.522. The monoisotopic (exact) mass is 410 g/mol. The van der Waals surface area contributed by atoms with Gasteiger partial charge in [-0.25, -0.2) is 4.98 Å². The number of nitrogens with zero attached hydrogens (tertiary/aromatic N) is 4. The normalized spacial score (nSPS) is 17.3. The van der Waals surface area contributed by atoms with E-state index in [4.69, 9.17) is 0 Å². The lowest BCUT2D eigenvalue weighted by Crippen LogP contribution is -2.37. The van der Waals surface area contributed by atoms with Gasteiger partial charge < -0.3 is 5.11 Å². The molecule has 5 nitrogen and oxygen atoms in total. The molecule has 3 aromatic heterocycles. The molecular formula is C21H22N4OS2. The number of rotatable bonds is 5. The Morgan fingerprint density at radius 2 is 1.93 bits per heavy atom. The number of likely N-dealkylation sites (tertiary alicyclic amines) is 1. The summed E-state index contributed by atoms with van der Waals surface area (Å²) in [5, 5.41) is 17.0. The van der Waals surface area contributed by atoms with Crippen LogP contribution < -0.4 is 0 Å². The van der Waals surface area contributed by atoms with Crippen LogP contribution in [0.4, 0.5) is 0 Å². The van der Waals surface area contributed by atoms with Crippen LogP contribution in [0.2, 0.25) is 0 Å². The minimum Gasteiger partial charge on any atom is -0.492 e. The topological polar surface area (TPSA) is 53.7 Å². The van der Waals surface area contributed by atoms with Crippen LogP contribution in [0.25, 0.3) is 4.96 Å². The summed E-state index contributed by atoms with van der Waals surface area (Å²) >= 11 is 3.29. The Bertz CT molecular complexity index is 1030. The van der Waals surface area contributed by atoms with Crippen LogP contribution in [0.15, 0.2) is 54.2 Å². The van der Waals surface area contributed by atoms with Gasteiger partial charge in [0.15, 0.2) is 0 Å². The van der Waals surface area contributed by atoms with Crippen molar-refractivity contribution in [3.8, 4) is 5.88 Å². The van der Waals surface area contributed by atoms with Crippen molar-refractivity contribution in [2.45, 2.75) is 25.3 Å². The number of benzene rings is 1. The van der Waals surface area contributed by atoms with Gasteiger partial charge in [0.25, 0.3) is 0 Å². The molecule has 28 heavy (non-hydrogen) atoms. The van der Waals surface area contributed by atoms with Crippen LogP contribution >= 0.6 is 22.7 Å². The summed E-state index contributed by atoms with van der Waals surface area (Å²) < 4.78 is 1.54. The van der Waals surface area contributed by atoms with Crippen molar-refractivity contribution in [2.75, 3.05) is 13.1 Å². The molecule has 1 saturated heterocycles. The molecule has 0 bridgehead atoms. The molecule has 7 heteroatoms. The van der Waals surface area contributed by atoms with E-state index in [1.807, 2.05) is 0 Å². The van der Waals surface area contributed by atoms with Gasteiger partial charge in [0.1, 0.15) is 6.33 Å². The lowest BCUT2D eigenvalue weighted by molar-refractivity contribution is 0.152. The fraction of sp³-hybridized carbons (Fsp3) is 0.333. The van der Waals surface area contributed by atoms with E-state index in [-0.39, 0.29) is 11.9 Å². The van der Waals surface area contributed by atoms with Crippen LogP contribution in [0.3, 0.4) is 0 Å². The molecular weight excluding hydrogens is 388 g/mol. The highest BCUT2D eigenvalue weighted by atomic mass is 32.1. The van der Waals surface area contributed by atoms with Gasteiger partial charge in [-0.05, 0) is 55.3 Å². The third kappa shape index (κ3) is 3.34. The number of fused-ring (bicyclic) bond motifs is 1. The summed E-state index contributed by atoms with van der Waals surface area (Å²) in [5.74, 6) is 0.945. The first-order valence-corrected chi connectivity index (χ1v) is 11.3. The molecule has 1 fully saturated rings. The van der Waals surface area contributed by atoms with Gasteiger partial charge >= 0.3 is 0 Å². The molecule has 5 rings (SSSR count). The fourth-order valence-corrected chi connectivity index (χ4v) is 6.18. The number of aromatic nitrogens is 3. The third-order valence-corrected chi connectivity index (χ3v) is 7.59. The van der Waals surface area contributed by atoms with Crippen LogP contribution in [0.5, 0.6) is 5.88 Å². The van der Waals surface area contributed by atoms with E-state index in [0.717, 1.165) is 35.3 Å². The van der Waals surface area contributed by atoms with E-state index in [1.165, 1.54) is 40.9 Å². The number of thiophene rings is 1. The summed E-state index contributed by atoms with van der Waals surface area (Å²) in [6, 6.07) is 15.1. The SMILES string of the molecule is Oc1c([C@@H](c2cccs2)N2CCC(Cc3ccccc3)CC2)sc2ncnn12. The zero-order valence-electron chi connectivity index (χ0n) is 15.4. The Kier molecular flexibility index (Phi) is 4.88. The minimum atomic E-state index is 0.0752. The maximum absolute atomic E-state index is 10.8. The summed E-state index contributed by atoms with van der Waals surface area (Å²) in [7, 11) is 0. The molecule has 0 spiro atoms. The van der Waals surface area contributed by atoms with E-state index < -0.39 is 0 Å². The average Bonchev–Trinajstić information content (AvgIpc) is 3.46. The lowest BCUT2D eigenvalue weighted by Gasteiger charge is -2.37. The standard InChI is InChI=1S/C21H22N4OS2/c26-20-19(28-21-22-14-23-25(20)21)18(17-7-4-12-27-17)24-10-8-16(9-11-24)13-15-5-2-1-3-6-15/h1-7,12,14,16,18,26H,8-11,13H2/t18-/m1/s1. The van der Waals surface area contributed by atoms with Crippen LogP contribution in [0.1, 0.15) is 34.2 Å². The van der Waals surface area contributed by atoms with E-state index in [0.29, 0.717) is 0 Å². The second-order valence-electron chi connectivity index (χ2n) is 7.33. The van der Waals surface area contributed by atoms with Gasteiger partial charge in [-0.15, -0.1) is 11.3 Å². The molecule has 0 aliphatic carbocycles. The van der Waals surface area contributed by atoms with E-state index in [9.17, 15) is 5.11 Å². The molecule has 1 aromatic carbocycles.